The van der Waals surface area contributed by atoms with Gasteiger partial charge in [-0.15, -0.1) is 0 Å². The van der Waals surface area contributed by atoms with Crippen molar-refractivity contribution in [3.63, 3.8) is 0 Å². The molecular formula is C26H42N7O18P3S. The molecule has 2 aromatic rings. The SMILES string of the molecule is CC(C)(COP(=O)(O)OP(=O)(O)OC[C@H]1O[C@@H](n2cnc3c(N)ncnc32)[C@H](O)[C@@H]1OP(=O)(O)O)C(O)C(=O)NCCC(=O)NCCSC(=O)C=CCCO. The van der Waals surface area contributed by atoms with Crippen molar-refractivity contribution in [2.75, 3.05) is 44.4 Å². The first-order valence-corrected chi connectivity index (χ1v) is 21.4. The van der Waals surface area contributed by atoms with E-state index in [0.29, 0.717) is 6.42 Å². The Hall–Kier alpha value is -2.74. The van der Waals surface area contributed by atoms with Crippen LogP contribution in [0.2, 0.25) is 0 Å². The number of aliphatic hydroxyl groups excluding tert-OH is 3. The lowest BCUT2D eigenvalue weighted by Gasteiger charge is -2.30. The summed E-state index contributed by atoms with van der Waals surface area (Å²) in [6, 6.07) is 0. The molecular weight excluding hydrogens is 823 g/mol. The first kappa shape index (κ1) is 46.6. The van der Waals surface area contributed by atoms with Crippen LogP contribution in [0.3, 0.4) is 0 Å². The molecule has 1 fully saturated rings. The van der Waals surface area contributed by atoms with Crippen LogP contribution in [0.5, 0.6) is 0 Å². The Labute approximate surface area is 316 Å². The first-order valence-electron chi connectivity index (χ1n) is 15.9. The minimum absolute atomic E-state index is 0.0258. The van der Waals surface area contributed by atoms with Gasteiger partial charge in [0.05, 0.1) is 19.5 Å². The van der Waals surface area contributed by atoms with Crippen LogP contribution < -0.4 is 16.4 Å². The number of rotatable bonds is 22. The number of phosphoric acid groups is 3. The average Bonchev–Trinajstić information content (AvgIpc) is 3.64. The number of amides is 2. The quantitative estimate of drug-likeness (QED) is 0.0370. The number of nitrogens with two attached hydrogens (primary N) is 1. The van der Waals surface area contributed by atoms with Crippen molar-refractivity contribution in [2.45, 2.75) is 57.3 Å². The fraction of sp³-hybridized carbons (Fsp3) is 0.615. The molecule has 3 rings (SSSR count). The molecule has 0 bridgehead atoms. The Bertz CT molecular complexity index is 1830. The molecule has 2 amide bonds. The molecule has 2 aromatic heterocycles. The van der Waals surface area contributed by atoms with Gasteiger partial charge in [0.15, 0.2) is 17.7 Å². The molecule has 7 atom stereocenters. The molecule has 1 saturated heterocycles. The van der Waals surface area contributed by atoms with E-state index in [4.69, 9.17) is 24.6 Å². The normalized spacial score (nSPS) is 22.0. The second-order valence-electron chi connectivity index (χ2n) is 12.2. The molecule has 0 saturated carbocycles. The van der Waals surface area contributed by atoms with E-state index in [1.165, 1.54) is 26.0 Å². The summed E-state index contributed by atoms with van der Waals surface area (Å²) in [7, 11) is -16.4. The number of nitrogens with one attached hydrogen (secondary N) is 2. The number of anilines is 1. The van der Waals surface area contributed by atoms with E-state index in [0.717, 1.165) is 29.0 Å². The molecule has 0 aromatic carbocycles. The van der Waals surface area contributed by atoms with E-state index in [1.54, 1.807) is 0 Å². The predicted molar refractivity (Wildman–Crippen MR) is 188 cm³/mol. The van der Waals surface area contributed by atoms with E-state index in [-0.39, 0.29) is 54.0 Å². The number of fused-ring (bicyclic) bond motifs is 1. The third kappa shape index (κ3) is 14.6. The van der Waals surface area contributed by atoms with Crippen LogP contribution in [0.25, 0.3) is 11.2 Å². The Kier molecular flexibility index (Phi) is 17.0. The van der Waals surface area contributed by atoms with Gasteiger partial charge in [0.2, 0.25) is 16.9 Å². The van der Waals surface area contributed by atoms with Gasteiger partial charge in [-0.1, -0.05) is 31.7 Å². The number of thioether (sulfide) groups is 1. The zero-order valence-electron chi connectivity index (χ0n) is 29.1. The van der Waals surface area contributed by atoms with E-state index >= 15 is 0 Å². The number of nitrogen functional groups attached to an aromatic ring is 1. The Morgan fingerprint density at radius 1 is 1.09 bits per heavy atom. The van der Waals surface area contributed by atoms with Crippen molar-refractivity contribution in [1.29, 1.82) is 0 Å². The maximum Gasteiger partial charge on any atom is 0.481 e. The van der Waals surface area contributed by atoms with Gasteiger partial charge in [-0.3, -0.25) is 32.5 Å². The molecule has 25 nitrogen and oxygen atoms in total. The highest BCUT2D eigenvalue weighted by Crippen LogP contribution is 2.61. The standard InChI is InChI=1S/C26H42N7O18P3S/c1-26(2,21(38)24(39)29-7-6-16(35)28-8-10-55-17(36)5-3-4-9-34)12-48-54(45,46)51-53(43,44)47-11-15-20(50-52(40,41)42)19(37)25(49-15)33-14-32-18-22(27)30-13-31-23(18)33/h3,5,13-15,19-21,25,34,37-38H,4,6-12H2,1-2H3,(H,28,35)(H,29,39)(H,43,44)(H,45,46)(H2,27,30,31)(H2,40,41,42)/t15-,19-,20-,21?,25-/m1/s1. The molecule has 0 aliphatic carbocycles. The van der Waals surface area contributed by atoms with Gasteiger partial charge in [0.25, 0.3) is 0 Å². The number of carbonyl (C=O) groups excluding carboxylic acids is 3. The summed E-state index contributed by atoms with van der Waals surface area (Å²) in [6.45, 7) is 0.288. The molecule has 0 spiro atoms. The summed E-state index contributed by atoms with van der Waals surface area (Å²) in [5, 5.41) is 34.7. The van der Waals surface area contributed by atoms with Crippen molar-refractivity contribution in [2.24, 2.45) is 5.41 Å². The van der Waals surface area contributed by atoms with Crippen LogP contribution in [-0.2, 0) is 50.7 Å². The summed E-state index contributed by atoms with van der Waals surface area (Å²) in [4.78, 5) is 87.0. The summed E-state index contributed by atoms with van der Waals surface area (Å²) in [5.41, 5.74) is 4.23. The first-order chi connectivity index (χ1) is 25.6. The molecule has 55 heavy (non-hydrogen) atoms. The lowest BCUT2D eigenvalue weighted by molar-refractivity contribution is -0.137. The van der Waals surface area contributed by atoms with E-state index in [9.17, 15) is 57.9 Å². The Balaban J connectivity index is 1.49. The minimum atomic E-state index is -5.57. The van der Waals surface area contributed by atoms with Crippen molar-refractivity contribution < 1.29 is 85.6 Å². The lowest BCUT2D eigenvalue weighted by atomic mass is 9.87. The van der Waals surface area contributed by atoms with E-state index in [2.05, 4.69) is 34.4 Å². The van der Waals surface area contributed by atoms with Gasteiger partial charge in [0.1, 0.15) is 36.3 Å². The summed E-state index contributed by atoms with van der Waals surface area (Å²) < 4.78 is 62.0. The highest BCUT2D eigenvalue weighted by atomic mass is 32.2. The topological polar surface area (TPSA) is 384 Å². The monoisotopic (exact) mass is 865 g/mol. The molecule has 1 aliphatic rings. The smallest absolute Gasteiger partial charge is 0.396 e. The van der Waals surface area contributed by atoms with Gasteiger partial charge in [-0.05, 0) is 12.5 Å². The number of hydrogen-bond acceptors (Lipinski definition) is 19. The fourth-order valence-corrected chi connectivity index (χ4v) is 8.01. The fourth-order valence-electron chi connectivity index (χ4n) is 4.58. The number of hydrogen-bond donors (Lipinski definition) is 10. The van der Waals surface area contributed by atoms with Crippen LogP contribution in [0, 0.1) is 5.41 Å². The molecule has 0 radical (unpaired) electrons. The summed E-state index contributed by atoms with van der Waals surface area (Å²) in [6.07, 6.45) is -3.82. The van der Waals surface area contributed by atoms with Gasteiger partial charge in [0, 0.05) is 37.3 Å². The van der Waals surface area contributed by atoms with Crippen LogP contribution in [0.4, 0.5) is 5.82 Å². The predicted octanol–water partition coefficient (Wildman–Crippen LogP) is -1.40. The number of nitrogens with zero attached hydrogens (tertiary/aromatic N) is 4. The summed E-state index contributed by atoms with van der Waals surface area (Å²) >= 11 is 0.952. The molecule has 310 valence electrons. The van der Waals surface area contributed by atoms with Crippen LogP contribution in [0.15, 0.2) is 24.8 Å². The number of imidazole rings is 1. The summed E-state index contributed by atoms with van der Waals surface area (Å²) in [5.74, 6) is -1.24. The zero-order chi connectivity index (χ0) is 41.2. The largest absolute Gasteiger partial charge is 0.481 e. The highest BCUT2D eigenvalue weighted by Gasteiger charge is 2.50. The van der Waals surface area contributed by atoms with Gasteiger partial charge in [-0.25, -0.2) is 28.6 Å². The second kappa shape index (κ2) is 20.1. The lowest BCUT2D eigenvalue weighted by Crippen LogP contribution is -2.46. The molecule has 3 heterocycles. The molecule has 1 aliphatic heterocycles. The molecule has 11 N–H and O–H groups in total. The maximum atomic E-state index is 12.7. The third-order valence-corrected chi connectivity index (χ3v) is 11.2. The number of carbonyl (C=O) groups is 3. The molecule has 3 unspecified atom stereocenters. The van der Waals surface area contributed by atoms with Gasteiger partial charge >= 0.3 is 23.5 Å². The van der Waals surface area contributed by atoms with E-state index in [1.807, 2.05) is 0 Å². The number of ether oxygens (including phenoxy) is 1. The van der Waals surface area contributed by atoms with Crippen LogP contribution in [-0.4, -0.2) is 134 Å². The Morgan fingerprint density at radius 3 is 2.45 bits per heavy atom. The van der Waals surface area contributed by atoms with Gasteiger partial charge in [-0.2, -0.15) is 4.31 Å². The average molecular weight is 866 g/mol. The van der Waals surface area contributed by atoms with Crippen molar-refractivity contribution in [3.8, 4) is 0 Å². The second-order valence-corrected chi connectivity index (χ2v) is 17.5. The minimum Gasteiger partial charge on any atom is -0.396 e. The maximum absolute atomic E-state index is 12.7. The Morgan fingerprint density at radius 2 is 1.78 bits per heavy atom. The number of phosphoric ester groups is 3. The van der Waals surface area contributed by atoms with Crippen molar-refractivity contribution >= 4 is 69.1 Å². The molecule has 29 heteroatoms. The van der Waals surface area contributed by atoms with Crippen LogP contribution >= 0.6 is 35.2 Å². The number of aliphatic hydroxyl groups is 3. The highest BCUT2D eigenvalue weighted by molar-refractivity contribution is 8.14. The van der Waals surface area contributed by atoms with E-state index < -0.39 is 84.6 Å². The number of aromatic nitrogens is 4. The van der Waals surface area contributed by atoms with Crippen molar-refractivity contribution in [3.05, 3.63) is 24.8 Å². The third-order valence-electron chi connectivity index (χ3n) is 7.30. The van der Waals surface area contributed by atoms with Crippen molar-refractivity contribution in [1.82, 2.24) is 30.2 Å². The van der Waals surface area contributed by atoms with Gasteiger partial charge < -0.3 is 56.0 Å². The zero-order valence-corrected chi connectivity index (χ0v) is 32.6. The van der Waals surface area contributed by atoms with Crippen LogP contribution in [0.1, 0.15) is 32.9 Å².